The van der Waals surface area contributed by atoms with Crippen LogP contribution in [0.5, 0.6) is 0 Å². The van der Waals surface area contributed by atoms with Gasteiger partial charge in [0.15, 0.2) is 5.82 Å². The molecule has 0 fully saturated rings. The van der Waals surface area contributed by atoms with Crippen LogP contribution in [0.3, 0.4) is 0 Å². The SMILES string of the molecule is O=C(Cc1ccccc1)Cc1nc(=O)n(S(=O)(=O)c2ccc(Cl)cc2)cc1F. The van der Waals surface area contributed by atoms with E-state index in [-0.39, 0.29) is 21.1 Å². The van der Waals surface area contributed by atoms with Gasteiger partial charge in [0, 0.05) is 11.4 Å². The van der Waals surface area contributed by atoms with Crippen LogP contribution in [0.2, 0.25) is 5.02 Å². The summed E-state index contributed by atoms with van der Waals surface area (Å²) in [5, 5.41) is 0.308. The average molecular weight is 421 g/mol. The van der Waals surface area contributed by atoms with Crippen LogP contribution in [0.4, 0.5) is 4.39 Å². The third kappa shape index (κ3) is 4.35. The van der Waals surface area contributed by atoms with Gasteiger partial charge in [0.1, 0.15) is 5.78 Å². The van der Waals surface area contributed by atoms with Crippen molar-refractivity contribution < 1.29 is 17.6 Å². The number of halogens is 2. The highest BCUT2D eigenvalue weighted by Gasteiger charge is 2.22. The Morgan fingerprint density at radius 3 is 2.32 bits per heavy atom. The molecule has 3 aromatic rings. The van der Waals surface area contributed by atoms with Crippen molar-refractivity contribution in [2.24, 2.45) is 0 Å². The Morgan fingerprint density at radius 2 is 1.68 bits per heavy atom. The minimum Gasteiger partial charge on any atom is -0.299 e. The number of hydrogen-bond acceptors (Lipinski definition) is 5. The van der Waals surface area contributed by atoms with E-state index < -0.39 is 33.6 Å². The summed E-state index contributed by atoms with van der Waals surface area (Å²) in [6.45, 7) is 0. The number of Topliss-reactive ketones (excluding diaryl/α,β-unsaturated/α-hetero) is 1. The van der Waals surface area contributed by atoms with Crippen molar-refractivity contribution in [1.82, 2.24) is 8.96 Å². The highest BCUT2D eigenvalue weighted by molar-refractivity contribution is 7.90. The minimum atomic E-state index is -4.34. The highest BCUT2D eigenvalue weighted by Crippen LogP contribution is 2.16. The topological polar surface area (TPSA) is 86.1 Å². The van der Waals surface area contributed by atoms with Crippen molar-refractivity contribution in [3.05, 3.63) is 93.4 Å². The van der Waals surface area contributed by atoms with Gasteiger partial charge < -0.3 is 0 Å². The molecule has 0 spiro atoms. The predicted octanol–water partition coefficient (Wildman–Crippen LogP) is 2.63. The fourth-order valence-electron chi connectivity index (χ4n) is 2.54. The molecular formula is C19H14ClFN2O4S. The molecule has 9 heteroatoms. The molecule has 144 valence electrons. The second-order valence-electron chi connectivity index (χ2n) is 5.95. The molecule has 1 aromatic heterocycles. The second kappa shape index (κ2) is 8.04. The van der Waals surface area contributed by atoms with E-state index in [0.717, 1.165) is 5.56 Å². The Hall–Kier alpha value is -2.84. The number of benzene rings is 2. The molecule has 0 aliphatic carbocycles. The highest BCUT2D eigenvalue weighted by atomic mass is 35.5. The quantitative estimate of drug-likeness (QED) is 0.612. The summed E-state index contributed by atoms with van der Waals surface area (Å²) in [7, 11) is -4.34. The Morgan fingerprint density at radius 1 is 1.04 bits per heavy atom. The third-order valence-corrected chi connectivity index (χ3v) is 5.80. The van der Waals surface area contributed by atoms with Gasteiger partial charge in [-0.05, 0) is 29.8 Å². The molecular weight excluding hydrogens is 407 g/mol. The maximum absolute atomic E-state index is 14.4. The van der Waals surface area contributed by atoms with Gasteiger partial charge in [0.25, 0.3) is 10.0 Å². The van der Waals surface area contributed by atoms with Gasteiger partial charge in [-0.25, -0.2) is 17.6 Å². The van der Waals surface area contributed by atoms with Crippen molar-refractivity contribution in [3.8, 4) is 0 Å². The Labute approximate surface area is 165 Å². The number of carbonyl (C=O) groups excluding carboxylic acids is 1. The van der Waals surface area contributed by atoms with Gasteiger partial charge in [-0.15, -0.1) is 0 Å². The first-order chi connectivity index (χ1) is 13.3. The molecule has 0 saturated heterocycles. The van der Waals surface area contributed by atoms with E-state index in [0.29, 0.717) is 11.2 Å². The molecule has 0 amide bonds. The predicted molar refractivity (Wildman–Crippen MR) is 101 cm³/mol. The molecule has 0 aliphatic heterocycles. The van der Waals surface area contributed by atoms with E-state index in [9.17, 15) is 22.4 Å². The van der Waals surface area contributed by atoms with Crippen LogP contribution >= 0.6 is 11.6 Å². The summed E-state index contributed by atoms with van der Waals surface area (Å²) in [4.78, 5) is 27.5. The number of nitrogens with zero attached hydrogens (tertiary/aromatic N) is 2. The lowest BCUT2D eigenvalue weighted by molar-refractivity contribution is -0.117. The van der Waals surface area contributed by atoms with E-state index in [4.69, 9.17) is 11.6 Å². The summed E-state index contributed by atoms with van der Waals surface area (Å²) in [5.74, 6) is -1.41. The van der Waals surface area contributed by atoms with Gasteiger partial charge in [0.2, 0.25) is 0 Å². The van der Waals surface area contributed by atoms with Gasteiger partial charge in [0.05, 0.1) is 23.2 Å². The molecule has 0 unspecified atom stereocenters. The molecule has 0 atom stereocenters. The van der Waals surface area contributed by atoms with Crippen LogP contribution in [0.15, 0.2) is 70.5 Å². The lowest BCUT2D eigenvalue weighted by Gasteiger charge is -2.09. The first-order valence-electron chi connectivity index (χ1n) is 8.12. The molecule has 0 N–H and O–H groups in total. The summed E-state index contributed by atoms with van der Waals surface area (Å²) >= 11 is 5.72. The molecule has 0 saturated carbocycles. The molecule has 0 bridgehead atoms. The smallest absolute Gasteiger partial charge is 0.299 e. The molecule has 3 rings (SSSR count). The zero-order valence-electron chi connectivity index (χ0n) is 14.4. The lowest BCUT2D eigenvalue weighted by Crippen LogP contribution is -2.31. The molecule has 2 aromatic carbocycles. The van der Waals surface area contributed by atoms with Crippen molar-refractivity contribution >= 4 is 27.4 Å². The van der Waals surface area contributed by atoms with Crippen LogP contribution in [-0.4, -0.2) is 23.2 Å². The third-order valence-electron chi connectivity index (χ3n) is 3.90. The van der Waals surface area contributed by atoms with Gasteiger partial charge >= 0.3 is 5.69 Å². The van der Waals surface area contributed by atoms with Crippen molar-refractivity contribution in [2.45, 2.75) is 17.7 Å². The van der Waals surface area contributed by atoms with Crippen molar-refractivity contribution in [3.63, 3.8) is 0 Å². The molecule has 0 radical (unpaired) electrons. The number of carbonyl (C=O) groups is 1. The first-order valence-corrected chi connectivity index (χ1v) is 9.94. The number of aromatic nitrogens is 2. The van der Waals surface area contributed by atoms with Crippen molar-refractivity contribution in [2.75, 3.05) is 0 Å². The Bertz CT molecular complexity index is 1180. The molecule has 0 aliphatic rings. The van der Waals surface area contributed by atoms with Crippen LogP contribution < -0.4 is 5.69 Å². The zero-order valence-corrected chi connectivity index (χ0v) is 16.0. The van der Waals surface area contributed by atoms with Gasteiger partial charge in [-0.1, -0.05) is 41.9 Å². The van der Waals surface area contributed by atoms with E-state index in [1.807, 2.05) is 0 Å². The molecule has 28 heavy (non-hydrogen) atoms. The standard InChI is InChI=1S/C19H14ClFN2O4S/c20-14-6-8-16(9-7-14)28(26,27)23-12-17(21)18(22-19(23)25)11-15(24)10-13-4-2-1-3-5-13/h1-9,12H,10-11H2. The van der Waals surface area contributed by atoms with E-state index in [2.05, 4.69) is 4.98 Å². The maximum Gasteiger partial charge on any atom is 0.362 e. The van der Waals surface area contributed by atoms with Crippen LogP contribution in [0.1, 0.15) is 11.3 Å². The first kappa shape index (κ1) is 19.9. The molecule has 1 heterocycles. The van der Waals surface area contributed by atoms with Crippen LogP contribution in [0.25, 0.3) is 0 Å². The number of hydrogen-bond donors (Lipinski definition) is 0. The fourth-order valence-corrected chi connectivity index (χ4v) is 3.85. The monoisotopic (exact) mass is 420 g/mol. The van der Waals surface area contributed by atoms with E-state index >= 15 is 0 Å². The summed E-state index contributed by atoms with van der Waals surface area (Å²) < 4.78 is 39.7. The fraction of sp³-hybridized carbons (Fsp3) is 0.105. The summed E-state index contributed by atoms with van der Waals surface area (Å²) in [5.41, 5.74) is -0.848. The maximum atomic E-state index is 14.4. The average Bonchev–Trinajstić information content (AvgIpc) is 2.65. The lowest BCUT2D eigenvalue weighted by atomic mass is 10.1. The second-order valence-corrected chi connectivity index (χ2v) is 8.20. The van der Waals surface area contributed by atoms with Crippen LogP contribution in [-0.2, 0) is 27.7 Å². The van der Waals surface area contributed by atoms with Gasteiger partial charge in [-0.3, -0.25) is 4.79 Å². The van der Waals surface area contributed by atoms with Crippen molar-refractivity contribution in [1.29, 1.82) is 0 Å². The largest absolute Gasteiger partial charge is 0.362 e. The Balaban J connectivity index is 1.88. The summed E-state index contributed by atoms with van der Waals surface area (Å²) in [6, 6.07) is 13.9. The van der Waals surface area contributed by atoms with Crippen LogP contribution in [0, 0.1) is 5.82 Å². The zero-order chi connectivity index (χ0) is 20.3. The summed E-state index contributed by atoms with van der Waals surface area (Å²) in [6.07, 6.45) is 0.163. The van der Waals surface area contributed by atoms with E-state index in [1.165, 1.54) is 24.3 Å². The number of rotatable bonds is 6. The Kier molecular flexibility index (Phi) is 5.71. The minimum absolute atomic E-state index is 0.0497. The van der Waals surface area contributed by atoms with E-state index in [1.54, 1.807) is 30.3 Å². The normalized spacial score (nSPS) is 11.4. The molecule has 6 nitrogen and oxygen atoms in total. The van der Waals surface area contributed by atoms with Gasteiger partial charge in [-0.2, -0.15) is 8.96 Å². The number of ketones is 1.